The lowest BCUT2D eigenvalue weighted by molar-refractivity contribution is 0.799. The Bertz CT molecular complexity index is 315. The molecule has 0 amide bonds. The van der Waals surface area contributed by atoms with Crippen molar-refractivity contribution in [2.75, 3.05) is 5.75 Å². The fraction of sp³-hybridized carbons (Fsp3) is 0.636. The Balaban J connectivity index is 2.71. The van der Waals surface area contributed by atoms with Crippen LogP contribution in [0, 0.1) is 0 Å². The molecular weight excluding hydrogens is 228 g/mol. The number of nitrogens with zero attached hydrogens (tertiary/aromatic N) is 2. The maximum Gasteiger partial charge on any atom is 0.140 e. The van der Waals surface area contributed by atoms with Gasteiger partial charge in [0.25, 0.3) is 0 Å². The van der Waals surface area contributed by atoms with E-state index in [1.807, 2.05) is 17.8 Å². The standard InChI is InChI=1S/C11H17ClN2S/c1-4-5-15-7-11-13-9(8(2)3)6-10(12)14-11/h6,8H,4-5,7H2,1-3H3. The van der Waals surface area contributed by atoms with E-state index in [0.29, 0.717) is 11.1 Å². The van der Waals surface area contributed by atoms with Crippen LogP contribution in [0.2, 0.25) is 5.15 Å². The van der Waals surface area contributed by atoms with Crippen molar-refractivity contribution in [2.45, 2.75) is 38.9 Å². The highest BCUT2D eigenvalue weighted by molar-refractivity contribution is 7.98. The zero-order chi connectivity index (χ0) is 11.3. The molecule has 0 atom stereocenters. The van der Waals surface area contributed by atoms with Crippen LogP contribution in [-0.4, -0.2) is 15.7 Å². The summed E-state index contributed by atoms with van der Waals surface area (Å²) < 4.78 is 0. The summed E-state index contributed by atoms with van der Waals surface area (Å²) in [7, 11) is 0. The van der Waals surface area contributed by atoms with Gasteiger partial charge in [-0.2, -0.15) is 11.8 Å². The van der Waals surface area contributed by atoms with Gasteiger partial charge in [0.1, 0.15) is 11.0 Å². The summed E-state index contributed by atoms with van der Waals surface area (Å²) in [6.07, 6.45) is 1.18. The number of hydrogen-bond acceptors (Lipinski definition) is 3. The fourth-order valence-corrected chi connectivity index (χ4v) is 2.11. The van der Waals surface area contributed by atoms with Gasteiger partial charge in [0, 0.05) is 5.69 Å². The van der Waals surface area contributed by atoms with Crippen LogP contribution in [0.5, 0.6) is 0 Å². The average Bonchev–Trinajstić information content (AvgIpc) is 2.17. The number of aromatic nitrogens is 2. The van der Waals surface area contributed by atoms with Gasteiger partial charge in [-0.3, -0.25) is 0 Å². The molecule has 1 aromatic heterocycles. The maximum atomic E-state index is 5.95. The monoisotopic (exact) mass is 244 g/mol. The number of hydrogen-bond donors (Lipinski definition) is 0. The third-order valence-electron chi connectivity index (χ3n) is 1.93. The molecule has 0 aromatic carbocycles. The SMILES string of the molecule is CCCSCc1nc(Cl)cc(C(C)C)n1. The van der Waals surface area contributed by atoms with E-state index in [4.69, 9.17) is 11.6 Å². The van der Waals surface area contributed by atoms with Crippen molar-refractivity contribution in [3.8, 4) is 0 Å². The van der Waals surface area contributed by atoms with Gasteiger partial charge in [-0.15, -0.1) is 0 Å². The summed E-state index contributed by atoms with van der Waals surface area (Å²) in [6.45, 7) is 6.40. The van der Waals surface area contributed by atoms with Gasteiger partial charge in [-0.25, -0.2) is 9.97 Å². The quantitative estimate of drug-likeness (QED) is 0.581. The number of halogens is 1. The van der Waals surface area contributed by atoms with Crippen LogP contribution in [0.1, 0.15) is 44.6 Å². The summed E-state index contributed by atoms with van der Waals surface area (Å²) >= 11 is 7.80. The van der Waals surface area contributed by atoms with Crippen LogP contribution >= 0.6 is 23.4 Å². The molecule has 1 rings (SSSR count). The van der Waals surface area contributed by atoms with E-state index < -0.39 is 0 Å². The molecule has 4 heteroatoms. The second-order valence-electron chi connectivity index (χ2n) is 3.74. The molecule has 0 saturated carbocycles. The molecule has 0 saturated heterocycles. The second kappa shape index (κ2) is 6.33. The molecule has 0 unspecified atom stereocenters. The van der Waals surface area contributed by atoms with Crippen molar-refractivity contribution in [2.24, 2.45) is 0 Å². The predicted molar refractivity (Wildman–Crippen MR) is 67.6 cm³/mol. The lowest BCUT2D eigenvalue weighted by atomic mass is 10.1. The van der Waals surface area contributed by atoms with Crippen LogP contribution in [0.15, 0.2) is 6.07 Å². The van der Waals surface area contributed by atoms with E-state index in [9.17, 15) is 0 Å². The molecule has 0 radical (unpaired) electrons. The Morgan fingerprint density at radius 3 is 2.73 bits per heavy atom. The van der Waals surface area contributed by atoms with Gasteiger partial charge in [-0.05, 0) is 24.2 Å². The Kier molecular flexibility index (Phi) is 5.40. The summed E-state index contributed by atoms with van der Waals surface area (Å²) in [5.74, 6) is 3.26. The van der Waals surface area contributed by atoms with Crippen molar-refractivity contribution in [3.63, 3.8) is 0 Å². The van der Waals surface area contributed by atoms with Gasteiger partial charge in [0.2, 0.25) is 0 Å². The lowest BCUT2D eigenvalue weighted by Crippen LogP contribution is -2.00. The molecule has 84 valence electrons. The van der Waals surface area contributed by atoms with E-state index in [1.165, 1.54) is 6.42 Å². The first-order chi connectivity index (χ1) is 7.13. The highest BCUT2D eigenvalue weighted by Crippen LogP contribution is 2.18. The molecule has 1 aromatic rings. The van der Waals surface area contributed by atoms with E-state index in [2.05, 4.69) is 30.7 Å². The van der Waals surface area contributed by atoms with Gasteiger partial charge < -0.3 is 0 Å². The molecular formula is C11H17ClN2S. The van der Waals surface area contributed by atoms with Gasteiger partial charge in [0.05, 0.1) is 5.75 Å². The molecule has 0 aliphatic heterocycles. The molecule has 0 bridgehead atoms. The van der Waals surface area contributed by atoms with Crippen molar-refractivity contribution in [1.82, 2.24) is 9.97 Å². The minimum absolute atomic E-state index is 0.403. The summed E-state index contributed by atoms with van der Waals surface area (Å²) in [5.41, 5.74) is 1.03. The smallest absolute Gasteiger partial charge is 0.140 e. The minimum Gasteiger partial charge on any atom is -0.237 e. The Morgan fingerprint density at radius 2 is 2.13 bits per heavy atom. The Hall–Kier alpha value is -0.280. The first-order valence-electron chi connectivity index (χ1n) is 5.24. The van der Waals surface area contributed by atoms with E-state index in [0.717, 1.165) is 23.0 Å². The minimum atomic E-state index is 0.403. The van der Waals surface area contributed by atoms with E-state index >= 15 is 0 Å². The number of rotatable bonds is 5. The topological polar surface area (TPSA) is 25.8 Å². The predicted octanol–water partition coefficient (Wildman–Crippen LogP) is 3.90. The van der Waals surface area contributed by atoms with Gasteiger partial charge in [-0.1, -0.05) is 32.4 Å². The molecule has 15 heavy (non-hydrogen) atoms. The van der Waals surface area contributed by atoms with Crippen LogP contribution in [0.25, 0.3) is 0 Å². The van der Waals surface area contributed by atoms with Gasteiger partial charge >= 0.3 is 0 Å². The summed E-state index contributed by atoms with van der Waals surface area (Å²) in [5, 5.41) is 0.556. The van der Waals surface area contributed by atoms with Crippen molar-refractivity contribution >= 4 is 23.4 Å². The summed E-state index contributed by atoms with van der Waals surface area (Å²) in [6, 6.07) is 1.85. The fourth-order valence-electron chi connectivity index (χ4n) is 1.15. The third kappa shape index (κ3) is 4.39. The normalized spacial score (nSPS) is 11.0. The Labute approximate surface area is 101 Å². The molecule has 0 spiro atoms. The average molecular weight is 245 g/mol. The van der Waals surface area contributed by atoms with E-state index in [-0.39, 0.29) is 0 Å². The lowest BCUT2D eigenvalue weighted by Gasteiger charge is -2.07. The second-order valence-corrected chi connectivity index (χ2v) is 5.23. The molecule has 0 N–H and O–H groups in total. The van der Waals surface area contributed by atoms with Crippen molar-refractivity contribution in [3.05, 3.63) is 22.7 Å². The highest BCUT2D eigenvalue weighted by atomic mass is 35.5. The van der Waals surface area contributed by atoms with Crippen LogP contribution in [0.4, 0.5) is 0 Å². The summed E-state index contributed by atoms with van der Waals surface area (Å²) in [4.78, 5) is 8.71. The Morgan fingerprint density at radius 1 is 1.40 bits per heavy atom. The van der Waals surface area contributed by atoms with Crippen LogP contribution in [0.3, 0.4) is 0 Å². The largest absolute Gasteiger partial charge is 0.237 e. The zero-order valence-electron chi connectivity index (χ0n) is 9.46. The van der Waals surface area contributed by atoms with Crippen molar-refractivity contribution < 1.29 is 0 Å². The third-order valence-corrected chi connectivity index (χ3v) is 3.29. The maximum absolute atomic E-state index is 5.95. The first kappa shape index (κ1) is 12.8. The number of thioether (sulfide) groups is 1. The first-order valence-corrected chi connectivity index (χ1v) is 6.77. The zero-order valence-corrected chi connectivity index (χ0v) is 11.0. The van der Waals surface area contributed by atoms with Gasteiger partial charge in [0.15, 0.2) is 0 Å². The molecule has 0 aliphatic carbocycles. The van der Waals surface area contributed by atoms with Crippen LogP contribution in [-0.2, 0) is 5.75 Å². The van der Waals surface area contributed by atoms with Crippen LogP contribution < -0.4 is 0 Å². The molecule has 1 heterocycles. The molecule has 2 nitrogen and oxygen atoms in total. The molecule has 0 fully saturated rings. The van der Waals surface area contributed by atoms with Crippen molar-refractivity contribution in [1.29, 1.82) is 0 Å². The molecule has 0 aliphatic rings. The highest BCUT2D eigenvalue weighted by Gasteiger charge is 2.06. The van der Waals surface area contributed by atoms with E-state index in [1.54, 1.807) is 0 Å².